The highest BCUT2D eigenvalue weighted by Gasteiger charge is 2.18. The highest BCUT2D eigenvalue weighted by atomic mass is 15.3. The van der Waals surface area contributed by atoms with Crippen LogP contribution in [0.4, 0.5) is 0 Å². The van der Waals surface area contributed by atoms with Crippen molar-refractivity contribution in [3.63, 3.8) is 0 Å². The lowest BCUT2D eigenvalue weighted by atomic mass is 10.0. The summed E-state index contributed by atoms with van der Waals surface area (Å²) in [6.07, 6.45) is 3.67. The molecule has 0 bridgehead atoms. The van der Waals surface area contributed by atoms with E-state index >= 15 is 0 Å². The maximum absolute atomic E-state index is 4.42. The minimum Gasteiger partial charge on any atom is -0.356 e. The largest absolute Gasteiger partial charge is 0.356 e. The van der Waals surface area contributed by atoms with Crippen LogP contribution in [0.1, 0.15) is 30.9 Å². The SMILES string of the molecule is CN=C(NCCc1ccc(C)cc1)N1CCCC(C)C1. The van der Waals surface area contributed by atoms with Crippen molar-refractivity contribution in [3.8, 4) is 0 Å². The molecule has 1 aromatic carbocycles. The van der Waals surface area contributed by atoms with Crippen LogP contribution in [-0.2, 0) is 6.42 Å². The predicted molar refractivity (Wildman–Crippen MR) is 86.2 cm³/mol. The number of aryl methyl sites for hydroxylation is 1. The van der Waals surface area contributed by atoms with E-state index in [0.29, 0.717) is 0 Å². The second-order valence-electron chi connectivity index (χ2n) is 5.90. The molecule has 2 rings (SSSR count). The van der Waals surface area contributed by atoms with Crippen LogP contribution in [0.3, 0.4) is 0 Å². The van der Waals surface area contributed by atoms with Gasteiger partial charge < -0.3 is 10.2 Å². The number of nitrogens with zero attached hydrogens (tertiary/aromatic N) is 2. The molecule has 1 N–H and O–H groups in total. The van der Waals surface area contributed by atoms with E-state index < -0.39 is 0 Å². The molecule has 1 aliphatic heterocycles. The van der Waals surface area contributed by atoms with Crippen molar-refractivity contribution in [2.75, 3.05) is 26.7 Å². The third-order valence-electron chi connectivity index (χ3n) is 3.99. The molecule has 0 aliphatic carbocycles. The minimum absolute atomic E-state index is 0.777. The predicted octanol–water partition coefficient (Wildman–Crippen LogP) is 2.84. The molecule has 1 aliphatic rings. The van der Waals surface area contributed by atoms with E-state index in [-0.39, 0.29) is 0 Å². The summed E-state index contributed by atoms with van der Waals surface area (Å²) in [6.45, 7) is 7.66. The second kappa shape index (κ2) is 7.32. The van der Waals surface area contributed by atoms with Crippen LogP contribution in [0.5, 0.6) is 0 Å². The van der Waals surface area contributed by atoms with Gasteiger partial charge in [-0.05, 0) is 37.7 Å². The van der Waals surface area contributed by atoms with Crippen molar-refractivity contribution in [2.45, 2.75) is 33.1 Å². The van der Waals surface area contributed by atoms with Crippen LogP contribution in [0.25, 0.3) is 0 Å². The van der Waals surface area contributed by atoms with Crippen molar-refractivity contribution in [1.29, 1.82) is 0 Å². The van der Waals surface area contributed by atoms with Gasteiger partial charge in [0.15, 0.2) is 5.96 Å². The number of aliphatic imine (C=N–C) groups is 1. The van der Waals surface area contributed by atoms with Gasteiger partial charge in [0.1, 0.15) is 0 Å². The van der Waals surface area contributed by atoms with E-state index in [1.807, 2.05) is 7.05 Å². The lowest BCUT2D eigenvalue weighted by Gasteiger charge is -2.33. The Kier molecular flexibility index (Phi) is 5.45. The van der Waals surface area contributed by atoms with Crippen LogP contribution in [0, 0.1) is 12.8 Å². The van der Waals surface area contributed by atoms with Crippen LogP contribution in [-0.4, -0.2) is 37.5 Å². The zero-order chi connectivity index (χ0) is 14.4. The Labute approximate surface area is 123 Å². The van der Waals surface area contributed by atoms with Crippen molar-refractivity contribution in [3.05, 3.63) is 35.4 Å². The van der Waals surface area contributed by atoms with Gasteiger partial charge in [0, 0.05) is 26.7 Å². The molecule has 1 heterocycles. The van der Waals surface area contributed by atoms with Gasteiger partial charge >= 0.3 is 0 Å². The van der Waals surface area contributed by atoms with Gasteiger partial charge in [-0.15, -0.1) is 0 Å². The van der Waals surface area contributed by atoms with Crippen LogP contribution < -0.4 is 5.32 Å². The molecule has 1 saturated heterocycles. The Morgan fingerprint density at radius 1 is 1.35 bits per heavy atom. The van der Waals surface area contributed by atoms with Crippen molar-refractivity contribution in [2.24, 2.45) is 10.9 Å². The summed E-state index contributed by atoms with van der Waals surface area (Å²) >= 11 is 0. The summed E-state index contributed by atoms with van der Waals surface area (Å²) in [4.78, 5) is 6.82. The third kappa shape index (κ3) is 4.26. The molecule has 110 valence electrons. The van der Waals surface area contributed by atoms with Gasteiger partial charge in [-0.25, -0.2) is 0 Å². The molecular weight excluding hydrogens is 246 g/mol. The topological polar surface area (TPSA) is 27.6 Å². The van der Waals surface area contributed by atoms with E-state index in [2.05, 4.69) is 53.3 Å². The Morgan fingerprint density at radius 3 is 2.75 bits per heavy atom. The minimum atomic E-state index is 0.777. The maximum atomic E-state index is 4.42. The maximum Gasteiger partial charge on any atom is 0.193 e. The summed E-state index contributed by atoms with van der Waals surface area (Å²) in [5.41, 5.74) is 2.70. The van der Waals surface area contributed by atoms with Gasteiger partial charge in [-0.1, -0.05) is 36.8 Å². The highest BCUT2D eigenvalue weighted by molar-refractivity contribution is 5.79. The Hall–Kier alpha value is -1.51. The number of hydrogen-bond acceptors (Lipinski definition) is 1. The molecule has 20 heavy (non-hydrogen) atoms. The molecule has 1 unspecified atom stereocenters. The first-order chi connectivity index (χ1) is 9.69. The third-order valence-corrected chi connectivity index (χ3v) is 3.99. The summed E-state index contributed by atoms with van der Waals surface area (Å²) in [7, 11) is 1.88. The lowest BCUT2D eigenvalue weighted by Crippen LogP contribution is -2.46. The molecule has 0 amide bonds. The van der Waals surface area contributed by atoms with Crippen molar-refractivity contribution in [1.82, 2.24) is 10.2 Å². The molecule has 0 radical (unpaired) electrons. The Bertz CT molecular complexity index is 436. The fourth-order valence-electron chi connectivity index (χ4n) is 2.79. The van der Waals surface area contributed by atoms with Crippen LogP contribution in [0.15, 0.2) is 29.3 Å². The lowest BCUT2D eigenvalue weighted by molar-refractivity contribution is 0.266. The Balaban J connectivity index is 1.80. The first-order valence-corrected chi connectivity index (χ1v) is 7.70. The van der Waals surface area contributed by atoms with E-state index in [9.17, 15) is 0 Å². The normalized spacial score (nSPS) is 20.1. The summed E-state index contributed by atoms with van der Waals surface area (Å²) in [6, 6.07) is 8.78. The molecule has 1 fully saturated rings. The van der Waals surface area contributed by atoms with Crippen LogP contribution >= 0.6 is 0 Å². The van der Waals surface area contributed by atoms with Crippen molar-refractivity contribution >= 4 is 5.96 Å². The number of hydrogen-bond donors (Lipinski definition) is 1. The monoisotopic (exact) mass is 273 g/mol. The molecular formula is C17H27N3. The van der Waals surface area contributed by atoms with E-state index in [4.69, 9.17) is 0 Å². The standard InChI is InChI=1S/C17H27N3/c1-14-6-8-16(9-7-14)10-11-19-17(18-3)20-12-4-5-15(2)13-20/h6-9,15H,4-5,10-13H2,1-3H3,(H,18,19). The summed E-state index contributed by atoms with van der Waals surface area (Å²) in [5.74, 6) is 1.84. The van der Waals surface area contributed by atoms with E-state index in [1.54, 1.807) is 0 Å². The van der Waals surface area contributed by atoms with Gasteiger partial charge in [-0.2, -0.15) is 0 Å². The number of benzene rings is 1. The van der Waals surface area contributed by atoms with Crippen molar-refractivity contribution < 1.29 is 0 Å². The number of piperidine rings is 1. The number of nitrogens with one attached hydrogen (secondary N) is 1. The molecule has 3 heteroatoms. The molecule has 0 aromatic heterocycles. The second-order valence-corrected chi connectivity index (χ2v) is 5.90. The number of likely N-dealkylation sites (tertiary alicyclic amines) is 1. The van der Waals surface area contributed by atoms with E-state index in [0.717, 1.165) is 37.9 Å². The van der Waals surface area contributed by atoms with Gasteiger partial charge in [-0.3, -0.25) is 4.99 Å². The van der Waals surface area contributed by atoms with Gasteiger partial charge in [0.2, 0.25) is 0 Å². The molecule has 3 nitrogen and oxygen atoms in total. The molecule has 1 atom stereocenters. The Morgan fingerprint density at radius 2 is 2.10 bits per heavy atom. The highest BCUT2D eigenvalue weighted by Crippen LogP contribution is 2.15. The fourth-order valence-corrected chi connectivity index (χ4v) is 2.79. The first-order valence-electron chi connectivity index (χ1n) is 7.70. The van der Waals surface area contributed by atoms with Gasteiger partial charge in [0.05, 0.1) is 0 Å². The average Bonchev–Trinajstić information content (AvgIpc) is 2.45. The molecule has 0 spiro atoms. The summed E-state index contributed by atoms with van der Waals surface area (Å²) in [5, 5.41) is 3.50. The number of guanidine groups is 1. The number of rotatable bonds is 3. The first kappa shape index (κ1) is 14.9. The van der Waals surface area contributed by atoms with Gasteiger partial charge in [0.25, 0.3) is 0 Å². The fraction of sp³-hybridized carbons (Fsp3) is 0.588. The molecule has 0 saturated carbocycles. The smallest absolute Gasteiger partial charge is 0.193 e. The quantitative estimate of drug-likeness (QED) is 0.677. The average molecular weight is 273 g/mol. The van der Waals surface area contributed by atoms with E-state index in [1.165, 1.54) is 24.0 Å². The summed E-state index contributed by atoms with van der Waals surface area (Å²) < 4.78 is 0. The molecule has 1 aromatic rings. The zero-order valence-electron chi connectivity index (χ0n) is 13.0. The van der Waals surface area contributed by atoms with Crippen LogP contribution in [0.2, 0.25) is 0 Å². The zero-order valence-corrected chi connectivity index (χ0v) is 13.0.